The lowest BCUT2D eigenvalue weighted by atomic mass is 10.0. The van der Waals surface area contributed by atoms with Crippen LogP contribution in [0.5, 0.6) is 0 Å². The van der Waals surface area contributed by atoms with Gasteiger partial charge in [0, 0.05) is 21.6 Å². The van der Waals surface area contributed by atoms with Crippen LogP contribution in [0.25, 0.3) is 0 Å². The average molecular weight is 391 g/mol. The predicted molar refractivity (Wildman–Crippen MR) is 90.5 cm³/mol. The minimum atomic E-state index is -0.458. The van der Waals surface area contributed by atoms with Crippen LogP contribution >= 0.6 is 39.1 Å². The van der Waals surface area contributed by atoms with Crippen molar-refractivity contribution in [2.45, 2.75) is 25.9 Å². The molecule has 0 aromatic heterocycles. The SMILES string of the molecule is CC(N[C@H](C)c1cccc(Br)c1)c1cc(F)c(Cl)cc1Cl. The Bertz CT molecular complexity index is 648. The molecule has 0 bridgehead atoms. The van der Waals surface area contributed by atoms with Crippen LogP contribution in [0.3, 0.4) is 0 Å². The van der Waals surface area contributed by atoms with Crippen LogP contribution < -0.4 is 5.32 Å². The highest BCUT2D eigenvalue weighted by atomic mass is 79.9. The molecule has 0 saturated heterocycles. The van der Waals surface area contributed by atoms with E-state index in [0.717, 1.165) is 10.0 Å². The number of halogens is 4. The second kappa shape index (κ2) is 7.10. The third-order valence-electron chi connectivity index (χ3n) is 3.35. The van der Waals surface area contributed by atoms with Crippen molar-refractivity contribution in [3.63, 3.8) is 0 Å². The van der Waals surface area contributed by atoms with Crippen molar-refractivity contribution in [2.75, 3.05) is 0 Å². The van der Waals surface area contributed by atoms with Crippen molar-refractivity contribution in [2.24, 2.45) is 0 Å². The van der Waals surface area contributed by atoms with E-state index in [-0.39, 0.29) is 17.1 Å². The summed E-state index contributed by atoms with van der Waals surface area (Å²) in [5.74, 6) is -0.458. The number of rotatable bonds is 4. The Kier molecular flexibility index (Phi) is 5.67. The van der Waals surface area contributed by atoms with Crippen LogP contribution in [0.2, 0.25) is 10.0 Å². The summed E-state index contributed by atoms with van der Waals surface area (Å²) in [5, 5.41) is 3.91. The minimum absolute atomic E-state index is 0.0380. The molecule has 0 aliphatic rings. The van der Waals surface area contributed by atoms with Crippen molar-refractivity contribution in [3.8, 4) is 0 Å². The van der Waals surface area contributed by atoms with Gasteiger partial charge in [-0.1, -0.05) is 51.3 Å². The van der Waals surface area contributed by atoms with Gasteiger partial charge in [-0.2, -0.15) is 0 Å². The zero-order valence-corrected chi connectivity index (χ0v) is 14.7. The summed E-state index contributed by atoms with van der Waals surface area (Å²) in [6, 6.07) is 10.9. The first-order valence-electron chi connectivity index (χ1n) is 6.54. The summed E-state index contributed by atoms with van der Waals surface area (Å²) in [7, 11) is 0. The van der Waals surface area contributed by atoms with Crippen LogP contribution in [0.4, 0.5) is 4.39 Å². The second-order valence-electron chi connectivity index (χ2n) is 4.95. The van der Waals surface area contributed by atoms with Gasteiger partial charge in [-0.15, -0.1) is 0 Å². The van der Waals surface area contributed by atoms with E-state index < -0.39 is 5.82 Å². The molecule has 1 nitrogen and oxygen atoms in total. The molecule has 0 amide bonds. The first-order chi connectivity index (χ1) is 9.88. The molecule has 2 rings (SSSR count). The van der Waals surface area contributed by atoms with E-state index in [1.165, 1.54) is 12.1 Å². The fraction of sp³-hybridized carbons (Fsp3) is 0.250. The molecule has 0 spiro atoms. The van der Waals surface area contributed by atoms with E-state index in [2.05, 4.69) is 34.2 Å². The molecule has 0 radical (unpaired) electrons. The average Bonchev–Trinajstić information content (AvgIpc) is 2.42. The number of nitrogens with one attached hydrogen (secondary N) is 1. The third-order valence-corrected chi connectivity index (χ3v) is 4.47. The Labute approximate surface area is 142 Å². The van der Waals surface area contributed by atoms with Gasteiger partial charge in [-0.05, 0) is 49.2 Å². The Balaban J connectivity index is 2.18. The van der Waals surface area contributed by atoms with Crippen LogP contribution in [-0.4, -0.2) is 0 Å². The molecule has 2 aromatic rings. The molecule has 0 aliphatic carbocycles. The van der Waals surface area contributed by atoms with Crippen molar-refractivity contribution >= 4 is 39.1 Å². The maximum Gasteiger partial charge on any atom is 0.142 e. The molecule has 0 saturated carbocycles. The standard InChI is InChI=1S/C16H15BrCl2FN/c1-9(11-4-3-5-12(17)6-11)21-10(2)13-7-16(20)15(19)8-14(13)18/h3-10,21H,1-2H3/t9-,10?/m1/s1. The van der Waals surface area contributed by atoms with E-state index in [4.69, 9.17) is 23.2 Å². The molecule has 1 N–H and O–H groups in total. The van der Waals surface area contributed by atoms with Gasteiger partial charge in [0.1, 0.15) is 5.82 Å². The van der Waals surface area contributed by atoms with E-state index in [0.29, 0.717) is 10.6 Å². The van der Waals surface area contributed by atoms with Crippen LogP contribution in [-0.2, 0) is 0 Å². The van der Waals surface area contributed by atoms with Gasteiger partial charge in [-0.3, -0.25) is 0 Å². The molecule has 5 heteroatoms. The monoisotopic (exact) mass is 389 g/mol. The number of benzene rings is 2. The third kappa shape index (κ3) is 4.19. The van der Waals surface area contributed by atoms with Crippen molar-refractivity contribution < 1.29 is 4.39 Å². The van der Waals surface area contributed by atoms with Gasteiger partial charge in [-0.25, -0.2) is 4.39 Å². The largest absolute Gasteiger partial charge is 0.304 e. The fourth-order valence-corrected chi connectivity index (χ4v) is 3.17. The maximum absolute atomic E-state index is 13.6. The summed E-state index contributed by atoms with van der Waals surface area (Å²) in [6.45, 7) is 4.00. The van der Waals surface area contributed by atoms with Gasteiger partial charge in [0.25, 0.3) is 0 Å². The lowest BCUT2D eigenvalue weighted by Crippen LogP contribution is -2.22. The molecular weight excluding hydrogens is 376 g/mol. The van der Waals surface area contributed by atoms with E-state index in [1.807, 2.05) is 25.1 Å². The van der Waals surface area contributed by atoms with Gasteiger partial charge in [0.15, 0.2) is 0 Å². The van der Waals surface area contributed by atoms with E-state index in [1.54, 1.807) is 0 Å². The highest BCUT2D eigenvalue weighted by molar-refractivity contribution is 9.10. The Morgan fingerprint density at radius 1 is 1.05 bits per heavy atom. The second-order valence-corrected chi connectivity index (χ2v) is 6.68. The lowest BCUT2D eigenvalue weighted by molar-refractivity contribution is 0.492. The summed E-state index contributed by atoms with van der Waals surface area (Å²) in [4.78, 5) is 0. The Morgan fingerprint density at radius 2 is 1.76 bits per heavy atom. The lowest BCUT2D eigenvalue weighted by Gasteiger charge is -2.22. The quantitative estimate of drug-likeness (QED) is 0.603. The summed E-state index contributed by atoms with van der Waals surface area (Å²) >= 11 is 15.3. The molecule has 2 atom stereocenters. The zero-order chi connectivity index (χ0) is 15.6. The zero-order valence-electron chi connectivity index (χ0n) is 11.6. The maximum atomic E-state index is 13.6. The number of hydrogen-bond acceptors (Lipinski definition) is 1. The molecule has 112 valence electrons. The minimum Gasteiger partial charge on any atom is -0.304 e. The molecule has 21 heavy (non-hydrogen) atoms. The normalized spacial score (nSPS) is 14.0. The molecule has 1 unspecified atom stereocenters. The van der Waals surface area contributed by atoms with E-state index >= 15 is 0 Å². The van der Waals surface area contributed by atoms with Crippen molar-refractivity contribution in [3.05, 3.63) is 67.9 Å². The first-order valence-corrected chi connectivity index (χ1v) is 8.09. The smallest absolute Gasteiger partial charge is 0.142 e. The van der Waals surface area contributed by atoms with Gasteiger partial charge in [0.2, 0.25) is 0 Å². The number of hydrogen-bond donors (Lipinski definition) is 1. The summed E-state index contributed by atoms with van der Waals surface area (Å²) < 4.78 is 14.6. The first kappa shape index (κ1) is 16.8. The van der Waals surface area contributed by atoms with Gasteiger partial charge in [0.05, 0.1) is 5.02 Å². The Morgan fingerprint density at radius 3 is 2.43 bits per heavy atom. The van der Waals surface area contributed by atoms with Crippen LogP contribution in [0, 0.1) is 5.82 Å². The van der Waals surface area contributed by atoms with Crippen LogP contribution in [0.1, 0.15) is 37.1 Å². The fourth-order valence-electron chi connectivity index (χ4n) is 2.21. The molecule has 0 fully saturated rings. The van der Waals surface area contributed by atoms with Crippen molar-refractivity contribution in [1.29, 1.82) is 0 Å². The molecular formula is C16H15BrCl2FN. The highest BCUT2D eigenvalue weighted by Crippen LogP contribution is 2.30. The molecule has 0 aliphatic heterocycles. The van der Waals surface area contributed by atoms with Crippen LogP contribution in [0.15, 0.2) is 40.9 Å². The van der Waals surface area contributed by atoms with E-state index in [9.17, 15) is 4.39 Å². The topological polar surface area (TPSA) is 12.0 Å². The van der Waals surface area contributed by atoms with Crippen molar-refractivity contribution in [1.82, 2.24) is 5.32 Å². The Hall–Kier alpha value is -0.610. The molecule has 0 heterocycles. The van der Waals surface area contributed by atoms with Gasteiger partial charge < -0.3 is 5.32 Å². The summed E-state index contributed by atoms with van der Waals surface area (Å²) in [6.07, 6.45) is 0. The van der Waals surface area contributed by atoms with Gasteiger partial charge >= 0.3 is 0 Å². The molecule has 2 aromatic carbocycles. The predicted octanol–water partition coefficient (Wildman–Crippen LogP) is 6.31. The summed E-state index contributed by atoms with van der Waals surface area (Å²) in [5.41, 5.74) is 1.84. The highest BCUT2D eigenvalue weighted by Gasteiger charge is 2.16.